The van der Waals surface area contributed by atoms with Gasteiger partial charge >= 0.3 is 0 Å². The Hall–Kier alpha value is -1.26. The van der Waals surface area contributed by atoms with E-state index in [1.54, 1.807) is 0 Å². The number of β-amino-alcohol motifs (C(OH)–C–C–N with tert-alkyl or cyclic N) is 1. The monoisotopic (exact) mass is 279 g/mol. The Labute approximate surface area is 121 Å². The van der Waals surface area contributed by atoms with Gasteiger partial charge in [0.1, 0.15) is 11.9 Å². The number of ether oxygens (including phenoxy) is 2. The third-order valence-corrected chi connectivity index (χ3v) is 3.43. The lowest BCUT2D eigenvalue weighted by Gasteiger charge is -2.37. The lowest BCUT2D eigenvalue weighted by Crippen LogP contribution is -2.44. The second kappa shape index (κ2) is 6.95. The van der Waals surface area contributed by atoms with Gasteiger partial charge in [-0.15, -0.1) is 0 Å². The molecule has 0 saturated carbocycles. The maximum absolute atomic E-state index is 10.1. The van der Waals surface area contributed by atoms with E-state index in [2.05, 4.69) is 11.8 Å². The van der Waals surface area contributed by atoms with Gasteiger partial charge in [0, 0.05) is 6.54 Å². The van der Waals surface area contributed by atoms with Gasteiger partial charge < -0.3 is 19.5 Å². The standard InChI is InChI=1S/C16H25NO3/c1-4-14-10-17(9-13(18)11-19-12(2)3)15-7-5-6-8-16(15)20-14/h5-8,12-14,18H,4,9-11H2,1-3H3. The van der Waals surface area contributed by atoms with Crippen LogP contribution in [0, 0.1) is 0 Å². The van der Waals surface area contributed by atoms with Gasteiger partial charge in [-0.2, -0.15) is 0 Å². The maximum Gasteiger partial charge on any atom is 0.143 e. The van der Waals surface area contributed by atoms with Crippen LogP contribution in [0.2, 0.25) is 0 Å². The molecule has 1 heterocycles. The van der Waals surface area contributed by atoms with E-state index >= 15 is 0 Å². The fourth-order valence-corrected chi connectivity index (χ4v) is 2.37. The number of nitrogens with zero attached hydrogens (tertiary/aromatic N) is 1. The molecule has 4 heteroatoms. The lowest BCUT2D eigenvalue weighted by molar-refractivity contribution is 0.00791. The fourth-order valence-electron chi connectivity index (χ4n) is 2.37. The zero-order valence-corrected chi connectivity index (χ0v) is 12.6. The molecule has 0 aromatic heterocycles. The minimum atomic E-state index is -0.485. The van der Waals surface area contributed by atoms with Crippen LogP contribution >= 0.6 is 0 Å². The van der Waals surface area contributed by atoms with E-state index < -0.39 is 6.10 Å². The van der Waals surface area contributed by atoms with Gasteiger partial charge in [-0.25, -0.2) is 0 Å². The zero-order valence-electron chi connectivity index (χ0n) is 12.6. The van der Waals surface area contributed by atoms with Crippen molar-refractivity contribution in [1.82, 2.24) is 0 Å². The van der Waals surface area contributed by atoms with Crippen LogP contribution < -0.4 is 9.64 Å². The van der Waals surface area contributed by atoms with Crippen molar-refractivity contribution < 1.29 is 14.6 Å². The Bertz CT molecular complexity index is 422. The first-order valence-electron chi connectivity index (χ1n) is 7.40. The summed E-state index contributed by atoms with van der Waals surface area (Å²) in [5, 5.41) is 10.1. The summed E-state index contributed by atoms with van der Waals surface area (Å²) in [7, 11) is 0. The summed E-state index contributed by atoms with van der Waals surface area (Å²) in [5.74, 6) is 0.905. The highest BCUT2D eigenvalue weighted by atomic mass is 16.5. The number of fused-ring (bicyclic) bond motifs is 1. The Balaban J connectivity index is 2.03. The average Bonchev–Trinajstić information content (AvgIpc) is 2.45. The van der Waals surface area contributed by atoms with Crippen LogP contribution in [0.4, 0.5) is 5.69 Å². The first kappa shape index (κ1) is 15.1. The largest absolute Gasteiger partial charge is 0.486 e. The first-order chi connectivity index (χ1) is 9.60. The van der Waals surface area contributed by atoms with E-state index in [9.17, 15) is 5.11 Å². The molecule has 0 saturated heterocycles. The van der Waals surface area contributed by atoms with Crippen molar-refractivity contribution in [3.05, 3.63) is 24.3 Å². The zero-order chi connectivity index (χ0) is 14.5. The molecule has 0 spiro atoms. The Morgan fingerprint density at radius 3 is 2.85 bits per heavy atom. The van der Waals surface area contributed by atoms with E-state index in [0.717, 1.165) is 24.4 Å². The van der Waals surface area contributed by atoms with Crippen LogP contribution in [0.15, 0.2) is 24.3 Å². The minimum Gasteiger partial charge on any atom is -0.486 e. The van der Waals surface area contributed by atoms with Crippen LogP contribution in [-0.4, -0.2) is 43.1 Å². The third-order valence-electron chi connectivity index (χ3n) is 3.43. The molecule has 4 nitrogen and oxygen atoms in total. The highest BCUT2D eigenvalue weighted by Gasteiger charge is 2.25. The molecule has 112 valence electrons. The molecule has 2 unspecified atom stereocenters. The predicted molar refractivity (Wildman–Crippen MR) is 80.5 cm³/mol. The predicted octanol–water partition coefficient (Wildman–Crippen LogP) is 2.45. The van der Waals surface area contributed by atoms with E-state index in [0.29, 0.717) is 13.2 Å². The summed E-state index contributed by atoms with van der Waals surface area (Å²) in [6, 6.07) is 8.00. The van der Waals surface area contributed by atoms with Crippen molar-refractivity contribution in [2.75, 3.05) is 24.6 Å². The number of aliphatic hydroxyl groups excluding tert-OH is 1. The Kier molecular flexibility index (Phi) is 5.26. The van der Waals surface area contributed by atoms with Crippen molar-refractivity contribution in [2.24, 2.45) is 0 Å². The number of aliphatic hydroxyl groups is 1. The van der Waals surface area contributed by atoms with Crippen LogP contribution in [-0.2, 0) is 4.74 Å². The van der Waals surface area contributed by atoms with Gasteiger partial charge in [0.2, 0.25) is 0 Å². The smallest absolute Gasteiger partial charge is 0.143 e. The Morgan fingerprint density at radius 1 is 1.40 bits per heavy atom. The quantitative estimate of drug-likeness (QED) is 0.868. The molecule has 0 aliphatic carbocycles. The Morgan fingerprint density at radius 2 is 2.15 bits per heavy atom. The van der Waals surface area contributed by atoms with Gasteiger partial charge in [0.25, 0.3) is 0 Å². The van der Waals surface area contributed by atoms with E-state index in [-0.39, 0.29) is 12.2 Å². The molecule has 0 bridgehead atoms. The number of hydrogen-bond acceptors (Lipinski definition) is 4. The number of anilines is 1. The number of benzene rings is 1. The van der Waals surface area contributed by atoms with Crippen molar-refractivity contribution in [3.63, 3.8) is 0 Å². The molecular weight excluding hydrogens is 254 g/mol. The topological polar surface area (TPSA) is 41.9 Å². The van der Waals surface area contributed by atoms with Gasteiger partial charge in [-0.3, -0.25) is 0 Å². The fraction of sp³-hybridized carbons (Fsp3) is 0.625. The van der Waals surface area contributed by atoms with Crippen LogP contribution in [0.25, 0.3) is 0 Å². The van der Waals surface area contributed by atoms with Crippen molar-refractivity contribution in [1.29, 1.82) is 0 Å². The van der Waals surface area contributed by atoms with Crippen LogP contribution in [0.1, 0.15) is 27.2 Å². The second-order valence-electron chi connectivity index (χ2n) is 5.56. The van der Waals surface area contributed by atoms with E-state index in [1.807, 2.05) is 38.1 Å². The molecular formula is C16H25NO3. The molecule has 0 radical (unpaired) electrons. The molecule has 1 aliphatic rings. The molecule has 1 N–H and O–H groups in total. The summed E-state index contributed by atoms with van der Waals surface area (Å²) in [6.45, 7) is 7.83. The number of rotatable bonds is 6. The summed E-state index contributed by atoms with van der Waals surface area (Å²) >= 11 is 0. The van der Waals surface area contributed by atoms with Crippen molar-refractivity contribution in [3.8, 4) is 5.75 Å². The van der Waals surface area contributed by atoms with Gasteiger partial charge in [0.15, 0.2) is 0 Å². The van der Waals surface area contributed by atoms with Crippen LogP contribution in [0.5, 0.6) is 5.75 Å². The molecule has 0 fully saturated rings. The average molecular weight is 279 g/mol. The van der Waals surface area contributed by atoms with E-state index in [4.69, 9.17) is 9.47 Å². The highest BCUT2D eigenvalue weighted by Crippen LogP contribution is 2.33. The molecule has 20 heavy (non-hydrogen) atoms. The van der Waals surface area contributed by atoms with Gasteiger partial charge in [-0.1, -0.05) is 19.1 Å². The molecule has 1 aromatic rings. The maximum atomic E-state index is 10.1. The SMILES string of the molecule is CCC1CN(CC(O)COC(C)C)c2ccccc2O1. The summed E-state index contributed by atoms with van der Waals surface area (Å²) < 4.78 is 11.4. The molecule has 1 aromatic carbocycles. The highest BCUT2D eigenvalue weighted by molar-refractivity contribution is 5.60. The number of para-hydroxylation sites is 2. The molecule has 1 aliphatic heterocycles. The number of hydrogen-bond donors (Lipinski definition) is 1. The van der Waals surface area contributed by atoms with Crippen LogP contribution in [0.3, 0.4) is 0 Å². The lowest BCUT2D eigenvalue weighted by atomic mass is 10.1. The summed E-state index contributed by atoms with van der Waals surface area (Å²) in [4.78, 5) is 2.20. The normalized spacial score (nSPS) is 19.6. The summed E-state index contributed by atoms with van der Waals surface area (Å²) in [6.07, 6.45) is 0.804. The van der Waals surface area contributed by atoms with Gasteiger partial charge in [0.05, 0.1) is 31.0 Å². The summed E-state index contributed by atoms with van der Waals surface area (Å²) in [5.41, 5.74) is 1.06. The van der Waals surface area contributed by atoms with Crippen molar-refractivity contribution >= 4 is 5.69 Å². The second-order valence-corrected chi connectivity index (χ2v) is 5.56. The van der Waals surface area contributed by atoms with E-state index in [1.165, 1.54) is 0 Å². The minimum absolute atomic E-state index is 0.144. The molecule has 0 amide bonds. The van der Waals surface area contributed by atoms with Crippen molar-refractivity contribution in [2.45, 2.75) is 45.5 Å². The third kappa shape index (κ3) is 3.87. The molecule has 2 atom stereocenters. The first-order valence-corrected chi connectivity index (χ1v) is 7.40. The van der Waals surface area contributed by atoms with Gasteiger partial charge in [-0.05, 0) is 32.4 Å². The molecule has 2 rings (SSSR count).